The molecule has 0 radical (unpaired) electrons. The number of rotatable bonds is 2. The van der Waals surface area contributed by atoms with Gasteiger partial charge in [0.05, 0.1) is 5.56 Å². The average Bonchev–Trinajstić information content (AvgIpc) is 2.64. The number of carbonyl (C=O) groups excluding carboxylic acids is 1. The van der Waals surface area contributed by atoms with Crippen LogP contribution in [0.1, 0.15) is 43.0 Å². The Morgan fingerprint density at radius 1 is 1.41 bits per heavy atom. The highest BCUT2D eigenvalue weighted by Gasteiger charge is 2.30. The Bertz CT molecular complexity index is 441. The summed E-state index contributed by atoms with van der Waals surface area (Å²) >= 11 is 7.70. The monoisotopic (exact) mass is 313 g/mol. The lowest BCUT2D eigenvalue weighted by atomic mass is 10.00. The van der Waals surface area contributed by atoms with Crippen molar-refractivity contribution in [2.24, 2.45) is 0 Å². The van der Waals surface area contributed by atoms with Crippen LogP contribution in [0.5, 0.6) is 0 Å². The topological polar surface area (TPSA) is 29.1 Å². The van der Waals surface area contributed by atoms with Crippen LogP contribution in [0.15, 0.2) is 27.6 Å². The van der Waals surface area contributed by atoms with Crippen LogP contribution in [-0.2, 0) is 0 Å². The molecule has 0 unspecified atom stereocenters. The zero-order valence-electron chi connectivity index (χ0n) is 9.79. The second kappa shape index (κ2) is 5.02. The number of hydrogen-bond acceptors (Lipinski definition) is 2. The van der Waals surface area contributed by atoms with Crippen molar-refractivity contribution in [3.8, 4) is 0 Å². The summed E-state index contributed by atoms with van der Waals surface area (Å²) in [5, 5.41) is 3.13. The van der Waals surface area contributed by atoms with E-state index in [0.717, 1.165) is 17.3 Å². The first-order chi connectivity index (χ1) is 8.00. The minimum absolute atomic E-state index is 0.0214. The Kier molecular flexibility index (Phi) is 3.83. The second-order valence-corrected chi connectivity index (χ2v) is 6.28. The Morgan fingerprint density at radius 2 is 2.06 bits per heavy atom. The van der Waals surface area contributed by atoms with Crippen molar-refractivity contribution in [2.45, 2.75) is 43.0 Å². The van der Waals surface area contributed by atoms with E-state index in [-0.39, 0.29) is 11.4 Å². The van der Waals surface area contributed by atoms with Crippen LogP contribution in [0.4, 0.5) is 0 Å². The maximum absolute atomic E-state index is 12.2. The van der Waals surface area contributed by atoms with Crippen LogP contribution in [0.25, 0.3) is 0 Å². The Morgan fingerprint density at radius 3 is 2.65 bits per heavy atom. The molecular weight excluding hydrogens is 298 g/mol. The second-order valence-electron chi connectivity index (χ2n) is 4.88. The van der Waals surface area contributed by atoms with Crippen LogP contribution in [-0.4, -0.2) is 11.4 Å². The molecule has 1 aliphatic carbocycles. The molecule has 0 atom stereocenters. The van der Waals surface area contributed by atoms with Crippen LogP contribution < -0.4 is 5.32 Å². The zero-order chi connectivity index (χ0) is 12.5. The SMILES string of the molecule is CC1(NC(=O)c2ccc(Br)cc2S)CCCC1. The van der Waals surface area contributed by atoms with Crippen molar-refractivity contribution >= 4 is 34.5 Å². The lowest BCUT2D eigenvalue weighted by Crippen LogP contribution is -2.43. The van der Waals surface area contributed by atoms with E-state index in [0.29, 0.717) is 10.5 Å². The van der Waals surface area contributed by atoms with E-state index in [9.17, 15) is 4.79 Å². The minimum atomic E-state index is -0.0373. The van der Waals surface area contributed by atoms with E-state index >= 15 is 0 Å². The third-order valence-electron chi connectivity index (χ3n) is 3.33. The smallest absolute Gasteiger partial charge is 0.252 e. The lowest BCUT2D eigenvalue weighted by Gasteiger charge is -2.25. The van der Waals surface area contributed by atoms with Gasteiger partial charge in [-0.15, -0.1) is 12.6 Å². The fourth-order valence-electron chi connectivity index (χ4n) is 2.32. The molecule has 0 bridgehead atoms. The van der Waals surface area contributed by atoms with Crippen molar-refractivity contribution in [1.82, 2.24) is 5.32 Å². The fraction of sp³-hybridized carbons (Fsp3) is 0.462. The Hall–Kier alpha value is -0.480. The predicted octanol–water partition coefficient (Wildman–Crippen LogP) is 3.80. The van der Waals surface area contributed by atoms with Gasteiger partial charge in [0.2, 0.25) is 0 Å². The van der Waals surface area contributed by atoms with Gasteiger partial charge in [0, 0.05) is 14.9 Å². The van der Waals surface area contributed by atoms with Crippen molar-refractivity contribution in [3.63, 3.8) is 0 Å². The number of nitrogens with one attached hydrogen (secondary N) is 1. The Balaban J connectivity index is 2.14. The first kappa shape index (κ1) is 13.0. The van der Waals surface area contributed by atoms with Gasteiger partial charge in [-0.05, 0) is 38.0 Å². The van der Waals surface area contributed by atoms with E-state index in [2.05, 4.69) is 40.8 Å². The van der Waals surface area contributed by atoms with E-state index in [1.807, 2.05) is 12.1 Å². The van der Waals surface area contributed by atoms with Crippen molar-refractivity contribution in [2.75, 3.05) is 0 Å². The van der Waals surface area contributed by atoms with Crippen molar-refractivity contribution in [3.05, 3.63) is 28.2 Å². The highest BCUT2D eigenvalue weighted by atomic mass is 79.9. The number of thiol groups is 1. The number of halogens is 1. The molecule has 2 rings (SSSR count). The van der Waals surface area contributed by atoms with E-state index in [1.165, 1.54) is 12.8 Å². The van der Waals surface area contributed by atoms with Crippen molar-refractivity contribution < 1.29 is 4.79 Å². The number of amides is 1. The number of carbonyl (C=O) groups is 1. The number of hydrogen-bond donors (Lipinski definition) is 2. The first-order valence-corrected chi connectivity index (χ1v) is 7.05. The highest BCUT2D eigenvalue weighted by molar-refractivity contribution is 9.10. The van der Waals surface area contributed by atoms with E-state index < -0.39 is 0 Å². The molecule has 0 saturated heterocycles. The summed E-state index contributed by atoms with van der Waals surface area (Å²) in [6.07, 6.45) is 4.53. The van der Waals surface area contributed by atoms with Gasteiger partial charge < -0.3 is 5.32 Å². The molecule has 2 nitrogen and oxygen atoms in total. The Labute approximate surface area is 116 Å². The predicted molar refractivity (Wildman–Crippen MR) is 75.7 cm³/mol. The summed E-state index contributed by atoms with van der Waals surface area (Å²) in [7, 11) is 0. The van der Waals surface area contributed by atoms with Gasteiger partial charge >= 0.3 is 0 Å². The molecule has 1 aliphatic rings. The molecule has 1 fully saturated rings. The highest BCUT2D eigenvalue weighted by Crippen LogP contribution is 2.29. The quantitative estimate of drug-likeness (QED) is 0.799. The molecule has 17 heavy (non-hydrogen) atoms. The van der Waals surface area contributed by atoms with Gasteiger partial charge in [-0.3, -0.25) is 4.79 Å². The zero-order valence-corrected chi connectivity index (χ0v) is 12.3. The third kappa shape index (κ3) is 3.05. The van der Waals surface area contributed by atoms with Gasteiger partial charge in [0.25, 0.3) is 5.91 Å². The van der Waals surface area contributed by atoms with Gasteiger partial charge in [-0.1, -0.05) is 28.8 Å². The lowest BCUT2D eigenvalue weighted by molar-refractivity contribution is 0.0905. The van der Waals surface area contributed by atoms with Crippen LogP contribution >= 0.6 is 28.6 Å². The standard InChI is InChI=1S/C13H16BrNOS/c1-13(6-2-3-7-13)15-12(16)10-5-4-9(14)8-11(10)17/h4-5,8,17H,2-3,6-7H2,1H3,(H,15,16). The summed E-state index contributed by atoms with van der Waals surface area (Å²) in [6.45, 7) is 2.12. The molecule has 92 valence electrons. The fourth-order valence-corrected chi connectivity index (χ4v) is 3.17. The average molecular weight is 314 g/mol. The molecular formula is C13H16BrNOS. The molecule has 1 aromatic rings. The van der Waals surface area contributed by atoms with Crippen LogP contribution in [0.2, 0.25) is 0 Å². The van der Waals surface area contributed by atoms with Gasteiger partial charge in [0.1, 0.15) is 0 Å². The molecule has 0 aliphatic heterocycles. The molecule has 4 heteroatoms. The molecule has 0 heterocycles. The summed E-state index contributed by atoms with van der Waals surface area (Å²) in [5.41, 5.74) is 0.606. The van der Waals surface area contributed by atoms with Crippen LogP contribution in [0.3, 0.4) is 0 Å². The normalized spacial score (nSPS) is 18.1. The summed E-state index contributed by atoms with van der Waals surface area (Å²) in [6, 6.07) is 5.51. The summed E-state index contributed by atoms with van der Waals surface area (Å²) < 4.78 is 0.936. The molecule has 1 aromatic carbocycles. The molecule has 1 N–H and O–H groups in total. The molecule has 0 spiro atoms. The van der Waals surface area contributed by atoms with E-state index in [4.69, 9.17) is 0 Å². The summed E-state index contributed by atoms with van der Waals surface area (Å²) in [5.74, 6) is -0.0214. The first-order valence-electron chi connectivity index (χ1n) is 5.81. The van der Waals surface area contributed by atoms with Crippen LogP contribution in [0, 0.1) is 0 Å². The van der Waals surface area contributed by atoms with Gasteiger partial charge in [-0.2, -0.15) is 0 Å². The van der Waals surface area contributed by atoms with Gasteiger partial charge in [0.15, 0.2) is 0 Å². The maximum Gasteiger partial charge on any atom is 0.252 e. The maximum atomic E-state index is 12.2. The largest absolute Gasteiger partial charge is 0.347 e. The number of benzene rings is 1. The third-order valence-corrected chi connectivity index (χ3v) is 4.19. The molecule has 0 aromatic heterocycles. The molecule has 1 amide bonds. The minimum Gasteiger partial charge on any atom is -0.347 e. The van der Waals surface area contributed by atoms with Crippen molar-refractivity contribution in [1.29, 1.82) is 0 Å². The van der Waals surface area contributed by atoms with Gasteiger partial charge in [-0.25, -0.2) is 0 Å². The van der Waals surface area contributed by atoms with E-state index in [1.54, 1.807) is 6.07 Å². The molecule has 1 saturated carbocycles. The summed E-state index contributed by atoms with van der Waals surface area (Å²) in [4.78, 5) is 12.9.